The zero-order chi connectivity index (χ0) is 30.5. The molecule has 0 bridgehead atoms. The molecule has 12 nitrogen and oxygen atoms in total. The van der Waals surface area contributed by atoms with Gasteiger partial charge in [-0.05, 0) is 53.0 Å². The van der Waals surface area contributed by atoms with Crippen LogP contribution in [0.15, 0.2) is 84.6 Å². The van der Waals surface area contributed by atoms with Gasteiger partial charge in [0.05, 0.1) is 30.7 Å². The van der Waals surface area contributed by atoms with E-state index in [-0.39, 0.29) is 11.8 Å². The monoisotopic (exact) mass is 640 g/mol. The molecule has 218 valence electrons. The SMILES string of the molecule is CC(=O)N(Cc1cccnc1)c1nc(C)cn2c(Br)cnc12.CC(=O)N(Cc1cccnc1)c1nc(C)cn2ccnc12. The van der Waals surface area contributed by atoms with Gasteiger partial charge in [-0.15, -0.1) is 0 Å². The fourth-order valence-electron chi connectivity index (χ4n) is 4.48. The zero-order valence-corrected chi connectivity index (χ0v) is 25.7. The summed E-state index contributed by atoms with van der Waals surface area (Å²) in [6.45, 7) is 7.65. The Labute approximate surface area is 256 Å². The van der Waals surface area contributed by atoms with Crippen LogP contribution in [0.4, 0.5) is 11.6 Å². The number of nitrogens with zero attached hydrogens (tertiary/aromatic N) is 10. The lowest BCUT2D eigenvalue weighted by molar-refractivity contribution is -0.117. The number of hydrogen-bond acceptors (Lipinski definition) is 8. The minimum absolute atomic E-state index is 0.0816. The van der Waals surface area contributed by atoms with Crippen molar-refractivity contribution >= 4 is 50.7 Å². The van der Waals surface area contributed by atoms with Gasteiger partial charge in [0.2, 0.25) is 11.8 Å². The highest BCUT2D eigenvalue weighted by Gasteiger charge is 2.20. The van der Waals surface area contributed by atoms with Crippen LogP contribution in [0, 0.1) is 13.8 Å². The maximum Gasteiger partial charge on any atom is 0.225 e. The third-order valence-electron chi connectivity index (χ3n) is 6.43. The molecule has 0 aliphatic carbocycles. The van der Waals surface area contributed by atoms with Gasteiger partial charge in [-0.1, -0.05) is 12.1 Å². The Hall–Kier alpha value is -5.04. The van der Waals surface area contributed by atoms with E-state index in [4.69, 9.17) is 0 Å². The topological polar surface area (TPSA) is 127 Å². The van der Waals surface area contributed by atoms with Crippen molar-refractivity contribution in [1.29, 1.82) is 0 Å². The summed E-state index contributed by atoms with van der Waals surface area (Å²) in [4.78, 5) is 53.2. The van der Waals surface area contributed by atoms with Crippen LogP contribution in [0.25, 0.3) is 11.3 Å². The van der Waals surface area contributed by atoms with Gasteiger partial charge in [0.15, 0.2) is 22.9 Å². The molecule has 0 saturated heterocycles. The second kappa shape index (κ2) is 12.9. The number of hydrogen-bond donors (Lipinski definition) is 0. The Kier molecular flexibility index (Phi) is 8.81. The number of aryl methyl sites for hydroxylation is 2. The molecule has 43 heavy (non-hydrogen) atoms. The number of carbonyl (C=O) groups excluding carboxylic acids is 2. The molecule has 6 heterocycles. The summed E-state index contributed by atoms with van der Waals surface area (Å²) in [6.07, 6.45) is 15.9. The number of anilines is 2. The normalized spacial score (nSPS) is 10.8. The molecule has 6 aromatic rings. The van der Waals surface area contributed by atoms with Crippen molar-refractivity contribution in [2.24, 2.45) is 0 Å². The molecule has 0 saturated carbocycles. The van der Waals surface area contributed by atoms with E-state index in [1.807, 2.05) is 65.5 Å². The van der Waals surface area contributed by atoms with E-state index in [1.165, 1.54) is 13.8 Å². The van der Waals surface area contributed by atoms with Crippen LogP contribution in [-0.2, 0) is 22.7 Å². The minimum Gasteiger partial charge on any atom is -0.302 e. The first kappa shape index (κ1) is 29.5. The van der Waals surface area contributed by atoms with Gasteiger partial charge in [0.25, 0.3) is 0 Å². The van der Waals surface area contributed by atoms with E-state index in [0.29, 0.717) is 36.0 Å². The standard InChI is InChI=1S/C15H14BrN5O.C15H15N5O/c1-10-8-21-13(16)7-18-14(21)15(19-10)20(11(2)22)9-12-4-3-5-17-6-12;1-11-9-19-7-6-17-14(19)15(18-11)20(12(2)21)10-13-4-3-5-16-8-13/h3-8H,9H2,1-2H3;3-9H,10H2,1-2H3. The van der Waals surface area contributed by atoms with E-state index in [2.05, 4.69) is 45.8 Å². The lowest BCUT2D eigenvalue weighted by atomic mass is 10.2. The predicted molar refractivity (Wildman–Crippen MR) is 165 cm³/mol. The van der Waals surface area contributed by atoms with Crippen LogP contribution in [0.1, 0.15) is 36.4 Å². The smallest absolute Gasteiger partial charge is 0.225 e. The average molecular weight is 642 g/mol. The molecule has 0 spiro atoms. The second-order valence-corrected chi connectivity index (χ2v) is 10.6. The highest BCUT2D eigenvalue weighted by Crippen LogP contribution is 2.24. The molecule has 0 radical (unpaired) electrons. The Balaban J connectivity index is 0.000000171. The summed E-state index contributed by atoms with van der Waals surface area (Å²) >= 11 is 3.45. The van der Waals surface area contributed by atoms with Crippen molar-refractivity contribution in [2.75, 3.05) is 9.80 Å². The molecule has 0 unspecified atom stereocenters. The zero-order valence-electron chi connectivity index (χ0n) is 24.1. The second-order valence-electron chi connectivity index (χ2n) is 9.78. The maximum atomic E-state index is 12.1. The Morgan fingerprint density at radius 3 is 1.86 bits per heavy atom. The Bertz CT molecular complexity index is 1890. The predicted octanol–water partition coefficient (Wildman–Crippen LogP) is 4.73. The van der Waals surface area contributed by atoms with Gasteiger partial charge in [-0.3, -0.25) is 33.8 Å². The van der Waals surface area contributed by atoms with E-state index in [0.717, 1.165) is 27.1 Å². The van der Waals surface area contributed by atoms with Crippen LogP contribution in [-0.4, -0.2) is 50.5 Å². The molecule has 6 aromatic heterocycles. The molecule has 13 heteroatoms. The Morgan fingerprint density at radius 2 is 1.33 bits per heavy atom. The fraction of sp³-hybridized carbons (Fsp3) is 0.200. The van der Waals surface area contributed by atoms with E-state index in [9.17, 15) is 9.59 Å². The van der Waals surface area contributed by atoms with Gasteiger partial charge in [-0.2, -0.15) is 0 Å². The number of pyridine rings is 2. The summed E-state index contributed by atoms with van der Waals surface area (Å²) in [6, 6.07) is 7.56. The van der Waals surface area contributed by atoms with Crippen LogP contribution < -0.4 is 9.80 Å². The molecular weight excluding hydrogens is 612 g/mol. The first-order valence-electron chi connectivity index (χ1n) is 13.4. The number of aromatic nitrogens is 8. The molecule has 0 atom stereocenters. The third kappa shape index (κ3) is 6.72. The molecular formula is C30H29BrN10O2. The van der Waals surface area contributed by atoms with Crippen molar-refractivity contribution in [1.82, 2.24) is 38.7 Å². The maximum absolute atomic E-state index is 12.1. The van der Waals surface area contributed by atoms with E-state index in [1.54, 1.807) is 47.0 Å². The first-order chi connectivity index (χ1) is 20.7. The molecule has 6 rings (SSSR count). The van der Waals surface area contributed by atoms with Gasteiger partial charge in [0.1, 0.15) is 4.60 Å². The van der Waals surface area contributed by atoms with Gasteiger partial charge < -0.3 is 4.40 Å². The summed E-state index contributed by atoms with van der Waals surface area (Å²) in [5.41, 5.74) is 4.81. The number of halogens is 1. The summed E-state index contributed by atoms with van der Waals surface area (Å²) < 4.78 is 4.56. The molecule has 0 aliphatic heterocycles. The number of fused-ring (bicyclic) bond motifs is 2. The largest absolute Gasteiger partial charge is 0.302 e. The summed E-state index contributed by atoms with van der Waals surface area (Å²) in [7, 11) is 0. The van der Waals surface area contributed by atoms with Crippen molar-refractivity contribution in [2.45, 2.75) is 40.8 Å². The van der Waals surface area contributed by atoms with Crippen molar-refractivity contribution in [3.63, 3.8) is 0 Å². The highest BCUT2D eigenvalue weighted by molar-refractivity contribution is 9.10. The van der Waals surface area contributed by atoms with Crippen LogP contribution in [0.2, 0.25) is 0 Å². The van der Waals surface area contributed by atoms with E-state index < -0.39 is 0 Å². The van der Waals surface area contributed by atoms with Crippen LogP contribution in [0.3, 0.4) is 0 Å². The number of amides is 2. The Morgan fingerprint density at radius 1 is 0.767 bits per heavy atom. The summed E-state index contributed by atoms with van der Waals surface area (Å²) in [5, 5.41) is 0. The third-order valence-corrected chi connectivity index (χ3v) is 7.01. The van der Waals surface area contributed by atoms with Crippen molar-refractivity contribution in [3.8, 4) is 0 Å². The number of rotatable bonds is 6. The van der Waals surface area contributed by atoms with Crippen molar-refractivity contribution in [3.05, 3.63) is 107 Å². The minimum atomic E-state index is -0.0945. The fourth-order valence-corrected chi connectivity index (χ4v) is 4.85. The number of imidazole rings is 2. The number of carbonyl (C=O) groups is 2. The molecule has 0 N–H and O–H groups in total. The molecule has 0 aliphatic rings. The molecule has 2 amide bonds. The van der Waals surface area contributed by atoms with Crippen LogP contribution in [0.5, 0.6) is 0 Å². The van der Waals surface area contributed by atoms with Crippen LogP contribution >= 0.6 is 15.9 Å². The quantitative estimate of drug-likeness (QED) is 0.256. The first-order valence-corrected chi connectivity index (χ1v) is 14.1. The van der Waals surface area contributed by atoms with Gasteiger partial charge in [-0.25, -0.2) is 19.9 Å². The van der Waals surface area contributed by atoms with Gasteiger partial charge in [0, 0.05) is 63.4 Å². The van der Waals surface area contributed by atoms with Crippen molar-refractivity contribution < 1.29 is 9.59 Å². The van der Waals surface area contributed by atoms with E-state index >= 15 is 0 Å². The lowest BCUT2D eigenvalue weighted by Gasteiger charge is -2.21. The van der Waals surface area contributed by atoms with Gasteiger partial charge >= 0.3 is 0 Å². The molecule has 0 aromatic carbocycles. The average Bonchev–Trinajstić information content (AvgIpc) is 3.61. The lowest BCUT2D eigenvalue weighted by Crippen LogP contribution is -2.29. The highest BCUT2D eigenvalue weighted by atomic mass is 79.9. The summed E-state index contributed by atoms with van der Waals surface area (Å²) in [5.74, 6) is 0.934. The molecule has 0 fully saturated rings.